The molecule has 0 fully saturated rings. The molecule has 4 heteroatoms. The molecule has 0 bridgehead atoms. The fraction of sp³-hybridized carbons (Fsp3) is 0.562. The fourth-order valence-corrected chi connectivity index (χ4v) is 3.08. The molecule has 1 aromatic carbocycles. The third-order valence-electron chi connectivity index (χ3n) is 3.91. The molecular formula is C16H26N4. The summed E-state index contributed by atoms with van der Waals surface area (Å²) < 4.78 is 0. The van der Waals surface area contributed by atoms with Gasteiger partial charge >= 0.3 is 0 Å². The summed E-state index contributed by atoms with van der Waals surface area (Å²) in [6, 6.07) is 9.10. The quantitative estimate of drug-likeness (QED) is 0.640. The number of nitrogens with zero attached hydrogens (tertiary/aromatic N) is 2. The topological polar surface area (TPSA) is 67.6 Å². The number of aliphatic imine (C=N–C) groups is 1. The molecule has 2 unspecified atom stereocenters. The van der Waals surface area contributed by atoms with Gasteiger partial charge in [-0.25, -0.2) is 4.99 Å². The van der Waals surface area contributed by atoms with E-state index < -0.39 is 0 Å². The first-order valence-corrected chi connectivity index (χ1v) is 7.45. The Morgan fingerprint density at radius 1 is 1.35 bits per heavy atom. The molecule has 0 spiro atoms. The van der Waals surface area contributed by atoms with Crippen molar-refractivity contribution in [2.45, 2.75) is 52.4 Å². The normalized spacial score (nSPS) is 19.9. The van der Waals surface area contributed by atoms with Gasteiger partial charge in [-0.05, 0) is 29.9 Å². The lowest BCUT2D eigenvalue weighted by Crippen LogP contribution is -2.36. The van der Waals surface area contributed by atoms with E-state index in [-0.39, 0.29) is 12.1 Å². The first-order chi connectivity index (χ1) is 9.52. The minimum Gasteiger partial charge on any atom is -0.370 e. The smallest absolute Gasteiger partial charge is 0.187 e. The monoisotopic (exact) mass is 274 g/mol. The highest BCUT2D eigenvalue weighted by Gasteiger charge is 2.34. The van der Waals surface area contributed by atoms with Crippen LogP contribution in [0.2, 0.25) is 0 Å². The number of benzene rings is 1. The summed E-state index contributed by atoms with van der Waals surface area (Å²) in [5.41, 5.74) is 14.0. The van der Waals surface area contributed by atoms with Crippen molar-refractivity contribution in [2.24, 2.45) is 22.4 Å². The molecule has 4 N–H and O–H groups in total. The van der Waals surface area contributed by atoms with E-state index in [4.69, 9.17) is 11.5 Å². The molecule has 20 heavy (non-hydrogen) atoms. The van der Waals surface area contributed by atoms with Crippen LogP contribution in [0, 0.1) is 5.92 Å². The maximum absolute atomic E-state index is 5.59. The minimum absolute atomic E-state index is 0.0659. The van der Waals surface area contributed by atoms with E-state index in [2.05, 4.69) is 54.9 Å². The highest BCUT2D eigenvalue weighted by Crippen LogP contribution is 2.39. The van der Waals surface area contributed by atoms with E-state index in [1.165, 1.54) is 11.1 Å². The summed E-state index contributed by atoms with van der Waals surface area (Å²) in [5, 5.41) is 0. The van der Waals surface area contributed by atoms with Gasteiger partial charge in [0.25, 0.3) is 0 Å². The first kappa shape index (κ1) is 14.9. The van der Waals surface area contributed by atoms with Crippen LogP contribution in [0.4, 0.5) is 0 Å². The zero-order valence-corrected chi connectivity index (χ0v) is 12.7. The highest BCUT2D eigenvalue weighted by molar-refractivity contribution is 5.75. The van der Waals surface area contributed by atoms with Gasteiger partial charge in [-0.3, -0.25) is 4.90 Å². The largest absolute Gasteiger partial charge is 0.370 e. The van der Waals surface area contributed by atoms with E-state index >= 15 is 0 Å². The molecular weight excluding hydrogens is 248 g/mol. The van der Waals surface area contributed by atoms with Crippen LogP contribution in [0.5, 0.6) is 0 Å². The van der Waals surface area contributed by atoms with Crippen molar-refractivity contribution in [2.75, 3.05) is 0 Å². The molecule has 0 aromatic heterocycles. The molecule has 2 rings (SSSR count). The van der Waals surface area contributed by atoms with Crippen LogP contribution in [0.15, 0.2) is 29.3 Å². The molecule has 110 valence electrons. The molecule has 0 amide bonds. The summed E-state index contributed by atoms with van der Waals surface area (Å²) in [4.78, 5) is 6.85. The van der Waals surface area contributed by atoms with Gasteiger partial charge in [-0.2, -0.15) is 0 Å². The van der Waals surface area contributed by atoms with E-state index in [0.717, 1.165) is 19.4 Å². The van der Waals surface area contributed by atoms with Crippen molar-refractivity contribution >= 4 is 5.96 Å². The molecule has 1 aliphatic heterocycles. The maximum Gasteiger partial charge on any atom is 0.187 e. The van der Waals surface area contributed by atoms with Crippen LogP contribution in [0.3, 0.4) is 0 Å². The molecule has 0 radical (unpaired) electrons. The van der Waals surface area contributed by atoms with Gasteiger partial charge in [-0.1, -0.05) is 45.0 Å². The summed E-state index contributed by atoms with van der Waals surface area (Å²) in [7, 11) is 0. The Bertz CT molecular complexity index is 477. The van der Waals surface area contributed by atoms with Crippen molar-refractivity contribution in [1.29, 1.82) is 0 Å². The Labute approximate surface area is 121 Å². The van der Waals surface area contributed by atoms with Gasteiger partial charge in [0.2, 0.25) is 0 Å². The van der Waals surface area contributed by atoms with Crippen molar-refractivity contribution < 1.29 is 0 Å². The number of guanidine groups is 1. The number of fused-ring (bicyclic) bond motifs is 1. The van der Waals surface area contributed by atoms with E-state index in [0.29, 0.717) is 12.0 Å². The zero-order valence-electron chi connectivity index (χ0n) is 12.7. The standard InChI is InChI=1S/C16H26N4/c1-4-15(19-16(17)18)20-10-12-7-5-6-8-13(12)14(20)9-11(2)3/h5-8,11,14-15H,4,9-10H2,1-3H3,(H4,17,18,19). The second kappa shape index (κ2) is 6.27. The minimum atomic E-state index is 0.0659. The van der Waals surface area contributed by atoms with Crippen molar-refractivity contribution in [3.63, 3.8) is 0 Å². The third kappa shape index (κ3) is 3.12. The lowest BCUT2D eigenvalue weighted by Gasteiger charge is -2.31. The Kier molecular flexibility index (Phi) is 4.65. The van der Waals surface area contributed by atoms with Crippen LogP contribution in [0.25, 0.3) is 0 Å². The number of hydrogen-bond acceptors (Lipinski definition) is 2. The molecule has 0 saturated carbocycles. The second-order valence-electron chi connectivity index (χ2n) is 5.96. The Hall–Kier alpha value is -1.55. The van der Waals surface area contributed by atoms with E-state index in [1.807, 2.05) is 0 Å². The van der Waals surface area contributed by atoms with Crippen LogP contribution in [-0.4, -0.2) is 17.0 Å². The molecule has 1 aromatic rings. The SMILES string of the molecule is CCC(N=C(N)N)N1Cc2ccccc2C1CC(C)C. The lowest BCUT2D eigenvalue weighted by molar-refractivity contribution is 0.130. The summed E-state index contributed by atoms with van der Waals surface area (Å²) >= 11 is 0. The molecule has 0 saturated heterocycles. The average Bonchev–Trinajstić information content (AvgIpc) is 2.74. The zero-order chi connectivity index (χ0) is 14.7. The summed E-state index contributed by atoms with van der Waals surface area (Å²) in [5.74, 6) is 0.821. The summed E-state index contributed by atoms with van der Waals surface area (Å²) in [6.07, 6.45) is 2.12. The van der Waals surface area contributed by atoms with Gasteiger partial charge in [0.1, 0.15) is 6.17 Å². The van der Waals surface area contributed by atoms with Gasteiger partial charge < -0.3 is 11.5 Å². The van der Waals surface area contributed by atoms with Crippen LogP contribution in [-0.2, 0) is 6.54 Å². The second-order valence-corrected chi connectivity index (χ2v) is 5.96. The van der Waals surface area contributed by atoms with Crippen molar-refractivity contribution in [3.05, 3.63) is 35.4 Å². The molecule has 0 aliphatic carbocycles. The van der Waals surface area contributed by atoms with Crippen molar-refractivity contribution in [1.82, 2.24) is 4.90 Å². The lowest BCUT2D eigenvalue weighted by atomic mass is 9.96. The number of nitrogens with two attached hydrogens (primary N) is 2. The Balaban J connectivity index is 2.31. The number of hydrogen-bond donors (Lipinski definition) is 2. The van der Waals surface area contributed by atoms with Gasteiger partial charge in [0.05, 0.1) is 0 Å². The molecule has 1 aliphatic rings. The van der Waals surface area contributed by atoms with Crippen LogP contribution < -0.4 is 11.5 Å². The fourth-order valence-electron chi connectivity index (χ4n) is 3.08. The molecule has 4 nitrogen and oxygen atoms in total. The Morgan fingerprint density at radius 2 is 2.05 bits per heavy atom. The van der Waals surface area contributed by atoms with E-state index in [1.54, 1.807) is 0 Å². The third-order valence-corrected chi connectivity index (χ3v) is 3.91. The summed E-state index contributed by atoms with van der Waals surface area (Å²) in [6.45, 7) is 7.59. The first-order valence-electron chi connectivity index (χ1n) is 7.45. The average molecular weight is 274 g/mol. The van der Waals surface area contributed by atoms with Crippen molar-refractivity contribution in [3.8, 4) is 0 Å². The predicted molar refractivity (Wildman–Crippen MR) is 84.1 cm³/mol. The molecule has 2 atom stereocenters. The molecule has 1 heterocycles. The van der Waals surface area contributed by atoms with Crippen LogP contribution in [0.1, 0.15) is 50.8 Å². The van der Waals surface area contributed by atoms with Gasteiger partial charge in [0, 0.05) is 12.6 Å². The predicted octanol–water partition coefficient (Wildman–Crippen LogP) is 2.60. The Morgan fingerprint density at radius 3 is 2.65 bits per heavy atom. The van der Waals surface area contributed by atoms with Gasteiger partial charge in [-0.15, -0.1) is 0 Å². The highest BCUT2D eigenvalue weighted by atomic mass is 15.3. The van der Waals surface area contributed by atoms with E-state index in [9.17, 15) is 0 Å². The maximum atomic E-state index is 5.59. The van der Waals surface area contributed by atoms with Gasteiger partial charge in [0.15, 0.2) is 5.96 Å². The van der Waals surface area contributed by atoms with Crippen LogP contribution >= 0.6 is 0 Å². The number of rotatable bonds is 5.